The predicted octanol–water partition coefficient (Wildman–Crippen LogP) is 5.27. The van der Waals surface area contributed by atoms with Gasteiger partial charge >= 0.3 is 0 Å². The summed E-state index contributed by atoms with van der Waals surface area (Å²) >= 11 is 0. The van der Waals surface area contributed by atoms with Crippen LogP contribution in [0.2, 0.25) is 0 Å². The van der Waals surface area contributed by atoms with Gasteiger partial charge in [0.1, 0.15) is 23.8 Å². The second-order valence-corrected chi connectivity index (χ2v) is 7.22. The molecule has 2 aromatic heterocycles. The highest BCUT2D eigenvalue weighted by Gasteiger charge is 2.12. The topological polar surface area (TPSA) is 75.6 Å². The lowest BCUT2D eigenvalue weighted by Crippen LogP contribution is -2.06. The van der Waals surface area contributed by atoms with E-state index in [1.807, 2.05) is 57.2 Å². The Bertz CT molecular complexity index is 1140. The molecule has 0 saturated carbocycles. The number of anilines is 4. The smallest absolute Gasteiger partial charge is 0.137 e. The molecule has 0 aliphatic carbocycles. The van der Waals surface area contributed by atoms with E-state index in [9.17, 15) is 0 Å². The lowest BCUT2D eigenvalue weighted by atomic mass is 10.0. The minimum Gasteiger partial charge on any atom is -0.340 e. The van der Waals surface area contributed by atoms with Crippen LogP contribution in [0.1, 0.15) is 28.3 Å². The average molecular weight is 396 g/mol. The standard InChI is InChI=1S/C24H24N6/c1-16-13-23(26-15-25-16)29-20-9-11-21(12-10-20)30-24-22(17(2)27-18(3)28-24)14-19-7-5-4-6-8-19/h4-13,15H,14H2,1-3H3,(H,25,26,29)(H,27,28,30). The lowest BCUT2D eigenvalue weighted by Gasteiger charge is -2.15. The SMILES string of the molecule is Cc1cc(Nc2ccc(Nc3nc(C)nc(C)c3Cc3ccccc3)cc2)ncn1. The van der Waals surface area contributed by atoms with Gasteiger partial charge in [-0.15, -0.1) is 0 Å². The number of aryl methyl sites for hydroxylation is 3. The third-order valence-electron chi connectivity index (χ3n) is 4.77. The van der Waals surface area contributed by atoms with Crippen LogP contribution in [-0.4, -0.2) is 19.9 Å². The van der Waals surface area contributed by atoms with Crippen LogP contribution in [0.25, 0.3) is 0 Å². The summed E-state index contributed by atoms with van der Waals surface area (Å²) in [6.07, 6.45) is 2.34. The molecule has 0 spiro atoms. The van der Waals surface area contributed by atoms with Crippen LogP contribution in [-0.2, 0) is 6.42 Å². The van der Waals surface area contributed by atoms with Gasteiger partial charge in [0.25, 0.3) is 0 Å². The number of nitrogens with zero attached hydrogens (tertiary/aromatic N) is 4. The molecule has 0 aliphatic rings. The van der Waals surface area contributed by atoms with E-state index in [0.717, 1.165) is 52.2 Å². The molecule has 0 unspecified atom stereocenters. The zero-order chi connectivity index (χ0) is 20.9. The summed E-state index contributed by atoms with van der Waals surface area (Å²) < 4.78 is 0. The molecule has 0 amide bonds. The van der Waals surface area contributed by atoms with Crippen LogP contribution in [0.4, 0.5) is 23.0 Å². The first-order chi connectivity index (χ1) is 14.6. The van der Waals surface area contributed by atoms with Crippen molar-refractivity contribution in [1.29, 1.82) is 0 Å². The van der Waals surface area contributed by atoms with Gasteiger partial charge in [-0.25, -0.2) is 19.9 Å². The van der Waals surface area contributed by atoms with E-state index in [0.29, 0.717) is 0 Å². The Morgan fingerprint density at radius 2 is 1.47 bits per heavy atom. The largest absolute Gasteiger partial charge is 0.340 e. The van der Waals surface area contributed by atoms with E-state index in [-0.39, 0.29) is 0 Å². The zero-order valence-corrected chi connectivity index (χ0v) is 17.3. The second-order valence-electron chi connectivity index (χ2n) is 7.22. The third-order valence-corrected chi connectivity index (χ3v) is 4.77. The van der Waals surface area contributed by atoms with Crippen molar-refractivity contribution in [3.8, 4) is 0 Å². The van der Waals surface area contributed by atoms with E-state index < -0.39 is 0 Å². The fourth-order valence-corrected chi connectivity index (χ4v) is 3.30. The molecule has 0 aliphatic heterocycles. The van der Waals surface area contributed by atoms with Gasteiger partial charge in [0.2, 0.25) is 0 Å². The molecule has 6 nitrogen and oxygen atoms in total. The minimum absolute atomic E-state index is 0.754. The molecular formula is C24H24N6. The molecule has 0 saturated heterocycles. The Hall–Kier alpha value is -3.80. The fraction of sp³-hybridized carbons (Fsp3) is 0.167. The van der Waals surface area contributed by atoms with Crippen LogP contribution < -0.4 is 10.6 Å². The third kappa shape index (κ3) is 4.78. The number of nitrogens with one attached hydrogen (secondary N) is 2. The number of aromatic nitrogens is 4. The maximum atomic E-state index is 4.67. The molecule has 30 heavy (non-hydrogen) atoms. The van der Waals surface area contributed by atoms with Crippen LogP contribution in [0.5, 0.6) is 0 Å². The molecule has 4 rings (SSSR count). The Morgan fingerprint density at radius 3 is 2.17 bits per heavy atom. The van der Waals surface area contributed by atoms with Gasteiger partial charge in [0.15, 0.2) is 0 Å². The van der Waals surface area contributed by atoms with Gasteiger partial charge in [-0.2, -0.15) is 0 Å². The van der Waals surface area contributed by atoms with Crippen LogP contribution in [0, 0.1) is 20.8 Å². The highest BCUT2D eigenvalue weighted by Crippen LogP contribution is 2.25. The lowest BCUT2D eigenvalue weighted by molar-refractivity contribution is 0.965. The molecular weight excluding hydrogens is 372 g/mol. The van der Waals surface area contributed by atoms with Crippen molar-refractivity contribution in [3.63, 3.8) is 0 Å². The van der Waals surface area contributed by atoms with Gasteiger partial charge in [0, 0.05) is 40.8 Å². The fourth-order valence-electron chi connectivity index (χ4n) is 3.30. The first-order valence-electron chi connectivity index (χ1n) is 9.87. The van der Waals surface area contributed by atoms with Crippen molar-refractivity contribution in [2.45, 2.75) is 27.2 Å². The normalized spacial score (nSPS) is 10.6. The molecule has 150 valence electrons. The highest BCUT2D eigenvalue weighted by atomic mass is 15.0. The van der Waals surface area contributed by atoms with Crippen molar-refractivity contribution in [1.82, 2.24) is 19.9 Å². The van der Waals surface area contributed by atoms with E-state index in [2.05, 4.69) is 54.8 Å². The Labute approximate surface area is 176 Å². The van der Waals surface area contributed by atoms with E-state index in [4.69, 9.17) is 0 Å². The van der Waals surface area contributed by atoms with Crippen LogP contribution in [0.3, 0.4) is 0 Å². The molecule has 2 N–H and O–H groups in total. The number of hydrogen-bond donors (Lipinski definition) is 2. The molecule has 6 heteroatoms. The summed E-state index contributed by atoms with van der Waals surface area (Å²) in [7, 11) is 0. The quantitative estimate of drug-likeness (QED) is 0.462. The number of rotatable bonds is 6. The van der Waals surface area contributed by atoms with E-state index in [1.54, 1.807) is 6.33 Å². The van der Waals surface area contributed by atoms with Gasteiger partial charge in [-0.3, -0.25) is 0 Å². The van der Waals surface area contributed by atoms with E-state index in [1.165, 1.54) is 5.56 Å². The summed E-state index contributed by atoms with van der Waals surface area (Å²) in [4.78, 5) is 17.6. The molecule has 0 bridgehead atoms. The molecule has 2 aromatic carbocycles. The van der Waals surface area contributed by atoms with Crippen molar-refractivity contribution in [3.05, 3.63) is 95.3 Å². The highest BCUT2D eigenvalue weighted by molar-refractivity contribution is 5.65. The Morgan fingerprint density at radius 1 is 0.767 bits per heavy atom. The summed E-state index contributed by atoms with van der Waals surface area (Å²) in [5.41, 5.74) is 6.17. The van der Waals surface area contributed by atoms with Crippen molar-refractivity contribution in [2.75, 3.05) is 10.6 Å². The Balaban J connectivity index is 1.55. The summed E-state index contributed by atoms with van der Waals surface area (Å²) in [5.74, 6) is 2.37. The second kappa shape index (κ2) is 8.69. The summed E-state index contributed by atoms with van der Waals surface area (Å²) in [6.45, 7) is 5.90. The Kier molecular flexibility index (Phi) is 5.66. The van der Waals surface area contributed by atoms with Gasteiger partial charge in [0.05, 0.1) is 0 Å². The van der Waals surface area contributed by atoms with Gasteiger partial charge in [-0.1, -0.05) is 30.3 Å². The molecule has 0 radical (unpaired) electrons. The van der Waals surface area contributed by atoms with Crippen LogP contribution in [0.15, 0.2) is 67.0 Å². The maximum Gasteiger partial charge on any atom is 0.137 e. The first-order valence-corrected chi connectivity index (χ1v) is 9.87. The van der Waals surface area contributed by atoms with Gasteiger partial charge < -0.3 is 10.6 Å². The number of benzene rings is 2. The van der Waals surface area contributed by atoms with Crippen LogP contribution >= 0.6 is 0 Å². The van der Waals surface area contributed by atoms with Crippen molar-refractivity contribution in [2.24, 2.45) is 0 Å². The average Bonchev–Trinajstić information content (AvgIpc) is 2.73. The molecule has 0 atom stereocenters. The van der Waals surface area contributed by atoms with Crippen molar-refractivity contribution < 1.29 is 0 Å². The minimum atomic E-state index is 0.754. The summed E-state index contributed by atoms with van der Waals surface area (Å²) in [5, 5.41) is 6.76. The zero-order valence-electron chi connectivity index (χ0n) is 17.3. The predicted molar refractivity (Wildman–Crippen MR) is 121 cm³/mol. The molecule has 2 heterocycles. The monoisotopic (exact) mass is 396 g/mol. The summed E-state index contributed by atoms with van der Waals surface area (Å²) in [6, 6.07) is 20.4. The van der Waals surface area contributed by atoms with E-state index >= 15 is 0 Å². The molecule has 0 fully saturated rings. The van der Waals surface area contributed by atoms with Gasteiger partial charge in [-0.05, 0) is 50.6 Å². The van der Waals surface area contributed by atoms with Crippen molar-refractivity contribution >= 4 is 23.0 Å². The molecule has 4 aromatic rings. The maximum absolute atomic E-state index is 4.67. The first kappa shape index (κ1) is 19.5. The number of hydrogen-bond acceptors (Lipinski definition) is 6.